The van der Waals surface area contributed by atoms with E-state index in [0.717, 1.165) is 5.56 Å². The molecule has 3 rings (SSSR count). The average molecular weight is 325 g/mol. The van der Waals surface area contributed by atoms with E-state index in [1.807, 2.05) is 0 Å². The molecule has 0 unspecified atom stereocenters. The quantitative estimate of drug-likeness (QED) is 0.801. The first-order chi connectivity index (χ1) is 11.5. The molecule has 0 aliphatic carbocycles. The van der Waals surface area contributed by atoms with Gasteiger partial charge in [-0.05, 0) is 36.8 Å². The van der Waals surface area contributed by atoms with E-state index < -0.39 is 0 Å². The van der Waals surface area contributed by atoms with Crippen molar-refractivity contribution in [1.82, 2.24) is 14.9 Å². The van der Waals surface area contributed by atoms with Crippen LogP contribution in [0, 0.1) is 5.82 Å². The predicted molar refractivity (Wildman–Crippen MR) is 89.0 cm³/mol. The van der Waals surface area contributed by atoms with Gasteiger partial charge < -0.3 is 5.32 Å². The Bertz CT molecular complexity index is 935. The van der Waals surface area contributed by atoms with Crippen molar-refractivity contribution in [2.75, 3.05) is 0 Å². The van der Waals surface area contributed by atoms with Crippen molar-refractivity contribution in [3.63, 3.8) is 0 Å². The summed E-state index contributed by atoms with van der Waals surface area (Å²) in [5.74, 6) is -0.642. The zero-order chi connectivity index (χ0) is 17.1. The van der Waals surface area contributed by atoms with E-state index >= 15 is 0 Å². The number of benzene rings is 2. The molecule has 1 amide bonds. The monoisotopic (exact) mass is 325 g/mol. The third-order valence-electron chi connectivity index (χ3n) is 3.79. The molecule has 2 aromatic carbocycles. The second kappa shape index (κ2) is 6.62. The third-order valence-corrected chi connectivity index (χ3v) is 3.79. The van der Waals surface area contributed by atoms with Gasteiger partial charge in [-0.2, -0.15) is 0 Å². The van der Waals surface area contributed by atoms with Crippen molar-refractivity contribution in [3.8, 4) is 0 Å². The van der Waals surface area contributed by atoms with Crippen molar-refractivity contribution in [1.29, 1.82) is 0 Å². The summed E-state index contributed by atoms with van der Waals surface area (Å²) in [6, 6.07) is 12.6. The number of hydrogen-bond acceptors (Lipinski definition) is 3. The molecule has 5 nitrogen and oxygen atoms in total. The van der Waals surface area contributed by atoms with E-state index in [1.165, 1.54) is 23.0 Å². The normalized spacial score (nSPS) is 12.1. The minimum absolute atomic E-state index is 0.123. The Labute approximate surface area is 137 Å². The van der Waals surface area contributed by atoms with Crippen LogP contribution in [0.2, 0.25) is 0 Å². The number of halogens is 1. The van der Waals surface area contributed by atoms with Crippen molar-refractivity contribution in [2.45, 2.75) is 19.5 Å². The number of para-hydroxylation sites is 1. The van der Waals surface area contributed by atoms with Crippen molar-refractivity contribution < 1.29 is 9.18 Å². The molecule has 1 aromatic heterocycles. The van der Waals surface area contributed by atoms with Gasteiger partial charge in [0.1, 0.15) is 12.4 Å². The number of carbonyl (C=O) groups excluding carboxylic acids is 1. The highest BCUT2D eigenvalue weighted by molar-refractivity contribution is 5.79. The van der Waals surface area contributed by atoms with E-state index in [2.05, 4.69) is 10.3 Å². The summed E-state index contributed by atoms with van der Waals surface area (Å²) in [5, 5.41) is 3.26. The van der Waals surface area contributed by atoms with Crippen LogP contribution in [0.25, 0.3) is 10.9 Å². The number of hydrogen-bond donors (Lipinski definition) is 1. The minimum atomic E-state index is -0.328. The van der Waals surface area contributed by atoms with E-state index in [1.54, 1.807) is 43.3 Å². The topological polar surface area (TPSA) is 64.0 Å². The molecule has 3 aromatic rings. The lowest BCUT2D eigenvalue weighted by Gasteiger charge is -2.15. The average Bonchev–Trinajstić information content (AvgIpc) is 2.58. The van der Waals surface area contributed by atoms with Crippen molar-refractivity contribution >= 4 is 16.8 Å². The second-order valence-electron chi connectivity index (χ2n) is 5.54. The molecule has 0 fully saturated rings. The van der Waals surface area contributed by atoms with Crippen LogP contribution in [0.5, 0.6) is 0 Å². The Morgan fingerprint density at radius 1 is 1.21 bits per heavy atom. The minimum Gasteiger partial charge on any atom is -0.348 e. The first-order valence-corrected chi connectivity index (χ1v) is 7.53. The maximum Gasteiger partial charge on any atom is 0.261 e. The number of nitrogens with zero attached hydrogens (tertiary/aromatic N) is 2. The first kappa shape index (κ1) is 15.9. The van der Waals surface area contributed by atoms with Gasteiger partial charge in [0, 0.05) is 0 Å². The lowest BCUT2D eigenvalue weighted by Crippen LogP contribution is -2.34. The number of fused-ring (bicyclic) bond motifs is 1. The summed E-state index contributed by atoms with van der Waals surface area (Å²) in [6.07, 6.45) is 1.37. The van der Waals surface area contributed by atoms with Gasteiger partial charge in [-0.3, -0.25) is 14.2 Å². The summed E-state index contributed by atoms with van der Waals surface area (Å²) in [5.41, 5.74) is 1.12. The van der Waals surface area contributed by atoms with E-state index in [4.69, 9.17) is 0 Å². The summed E-state index contributed by atoms with van der Waals surface area (Å²) in [6.45, 7) is 1.68. The number of nitrogens with one attached hydrogen (secondary N) is 1. The van der Waals surface area contributed by atoms with Crippen molar-refractivity contribution in [2.24, 2.45) is 0 Å². The molecule has 0 spiro atoms. The van der Waals surface area contributed by atoms with Crippen LogP contribution in [0.3, 0.4) is 0 Å². The SMILES string of the molecule is C[C@@H](NC(=O)Cn1cnc2ccccc2c1=O)c1ccc(F)cc1. The summed E-state index contributed by atoms with van der Waals surface area (Å²) >= 11 is 0. The maximum absolute atomic E-state index is 12.9. The van der Waals surface area contributed by atoms with Gasteiger partial charge >= 0.3 is 0 Å². The van der Waals surface area contributed by atoms with Crippen LogP contribution in [0.1, 0.15) is 18.5 Å². The van der Waals surface area contributed by atoms with E-state index in [-0.39, 0.29) is 29.9 Å². The number of carbonyl (C=O) groups is 1. The fraction of sp³-hybridized carbons (Fsp3) is 0.167. The van der Waals surface area contributed by atoms with Crippen molar-refractivity contribution in [3.05, 3.63) is 76.6 Å². The Morgan fingerprint density at radius 3 is 2.67 bits per heavy atom. The van der Waals surface area contributed by atoms with E-state index in [9.17, 15) is 14.0 Å². The maximum atomic E-state index is 12.9. The molecule has 24 heavy (non-hydrogen) atoms. The molecule has 0 bridgehead atoms. The Hall–Kier alpha value is -3.02. The Morgan fingerprint density at radius 2 is 1.92 bits per heavy atom. The molecule has 0 saturated heterocycles. The molecule has 1 heterocycles. The number of aromatic nitrogens is 2. The summed E-state index contributed by atoms with van der Waals surface area (Å²) in [7, 11) is 0. The summed E-state index contributed by atoms with van der Waals surface area (Å²) in [4.78, 5) is 28.7. The molecule has 0 radical (unpaired) electrons. The van der Waals surface area contributed by atoms with Crippen LogP contribution >= 0.6 is 0 Å². The Balaban J connectivity index is 1.74. The molecule has 0 saturated carbocycles. The van der Waals surface area contributed by atoms with Gasteiger partial charge in [-0.15, -0.1) is 0 Å². The first-order valence-electron chi connectivity index (χ1n) is 7.53. The zero-order valence-electron chi connectivity index (χ0n) is 13.1. The largest absolute Gasteiger partial charge is 0.348 e. The highest BCUT2D eigenvalue weighted by Gasteiger charge is 2.12. The fourth-order valence-corrected chi connectivity index (χ4v) is 2.50. The molecule has 122 valence electrons. The van der Waals surface area contributed by atoms with Crippen LogP contribution < -0.4 is 10.9 Å². The molecular formula is C18H16FN3O2. The van der Waals surface area contributed by atoms with Gasteiger partial charge in [-0.1, -0.05) is 24.3 Å². The molecule has 0 aliphatic rings. The van der Waals surface area contributed by atoms with Gasteiger partial charge in [0.25, 0.3) is 5.56 Å². The number of rotatable bonds is 4. The molecule has 0 aliphatic heterocycles. The van der Waals surface area contributed by atoms with Crippen LogP contribution in [-0.4, -0.2) is 15.5 Å². The van der Waals surface area contributed by atoms with Gasteiger partial charge in [-0.25, -0.2) is 9.37 Å². The summed E-state index contributed by atoms with van der Waals surface area (Å²) < 4.78 is 14.2. The molecule has 1 atom stereocenters. The lowest BCUT2D eigenvalue weighted by molar-refractivity contribution is -0.122. The predicted octanol–water partition coefficient (Wildman–Crippen LogP) is 2.41. The zero-order valence-corrected chi connectivity index (χ0v) is 13.1. The molecular weight excluding hydrogens is 309 g/mol. The molecule has 6 heteroatoms. The fourth-order valence-electron chi connectivity index (χ4n) is 2.50. The van der Waals surface area contributed by atoms with E-state index in [0.29, 0.717) is 10.9 Å². The lowest BCUT2D eigenvalue weighted by atomic mass is 10.1. The highest BCUT2D eigenvalue weighted by Crippen LogP contribution is 2.12. The second-order valence-corrected chi connectivity index (χ2v) is 5.54. The highest BCUT2D eigenvalue weighted by atomic mass is 19.1. The van der Waals surface area contributed by atoms with Crippen LogP contribution in [-0.2, 0) is 11.3 Å². The molecule has 1 N–H and O–H groups in total. The van der Waals surface area contributed by atoms with Crippen LogP contribution in [0.4, 0.5) is 4.39 Å². The number of amides is 1. The van der Waals surface area contributed by atoms with Gasteiger partial charge in [0.15, 0.2) is 0 Å². The standard InChI is InChI=1S/C18H16FN3O2/c1-12(13-6-8-14(19)9-7-13)21-17(23)10-22-11-20-16-5-3-2-4-15(16)18(22)24/h2-9,11-12H,10H2,1H3,(H,21,23)/t12-/m1/s1. The smallest absolute Gasteiger partial charge is 0.261 e. The Kier molecular flexibility index (Phi) is 4.37. The van der Waals surface area contributed by atoms with Crippen LogP contribution in [0.15, 0.2) is 59.7 Å². The third kappa shape index (κ3) is 3.32. The van der Waals surface area contributed by atoms with Gasteiger partial charge in [0.2, 0.25) is 5.91 Å². The van der Waals surface area contributed by atoms with Gasteiger partial charge in [0.05, 0.1) is 23.3 Å².